The fourth-order valence-corrected chi connectivity index (χ4v) is 4.34. The number of amides is 1. The molecule has 32 heavy (non-hydrogen) atoms. The first-order chi connectivity index (χ1) is 15.6. The van der Waals surface area contributed by atoms with Crippen molar-refractivity contribution in [3.05, 3.63) is 60.7 Å². The van der Waals surface area contributed by atoms with E-state index in [-0.39, 0.29) is 5.91 Å². The van der Waals surface area contributed by atoms with E-state index in [9.17, 15) is 4.79 Å². The molecule has 1 fully saturated rings. The summed E-state index contributed by atoms with van der Waals surface area (Å²) in [5.74, 6) is 2.17. The number of aromatic nitrogens is 3. The van der Waals surface area contributed by atoms with Gasteiger partial charge in [0.05, 0.1) is 13.3 Å². The summed E-state index contributed by atoms with van der Waals surface area (Å²) < 4.78 is 11.0. The number of benzene rings is 1. The van der Waals surface area contributed by atoms with Crippen molar-refractivity contribution < 1.29 is 14.3 Å². The monoisotopic (exact) mass is 434 g/mol. The molecule has 1 saturated carbocycles. The first kappa shape index (κ1) is 21.9. The molecule has 1 atom stereocenters. The number of hydrogen-bond donors (Lipinski definition) is 2. The van der Waals surface area contributed by atoms with Crippen LogP contribution in [0.15, 0.2) is 55.0 Å². The van der Waals surface area contributed by atoms with Crippen LogP contribution >= 0.6 is 0 Å². The molecule has 0 spiro atoms. The summed E-state index contributed by atoms with van der Waals surface area (Å²) >= 11 is 0. The minimum Gasteiger partial charge on any atom is -0.497 e. The van der Waals surface area contributed by atoms with Gasteiger partial charge >= 0.3 is 0 Å². The van der Waals surface area contributed by atoms with Gasteiger partial charge in [-0.25, -0.2) is 0 Å². The van der Waals surface area contributed by atoms with Crippen LogP contribution in [0.1, 0.15) is 44.2 Å². The normalized spacial score (nSPS) is 19.2. The highest BCUT2D eigenvalue weighted by Gasteiger charge is 2.26. The van der Waals surface area contributed by atoms with E-state index in [4.69, 9.17) is 9.47 Å². The van der Waals surface area contributed by atoms with Crippen molar-refractivity contribution in [2.45, 2.75) is 44.6 Å². The van der Waals surface area contributed by atoms with Gasteiger partial charge in [0.25, 0.3) is 5.91 Å². The molecule has 2 aromatic heterocycles. The number of pyridine rings is 1. The Bertz CT molecular complexity index is 1010. The van der Waals surface area contributed by atoms with E-state index >= 15 is 0 Å². The van der Waals surface area contributed by atoms with Crippen LogP contribution in [-0.4, -0.2) is 40.8 Å². The topological polar surface area (TPSA) is 89.1 Å². The highest BCUT2D eigenvalue weighted by Crippen LogP contribution is 2.38. The Morgan fingerprint density at radius 2 is 1.91 bits per heavy atom. The second-order valence-electron chi connectivity index (χ2n) is 8.34. The van der Waals surface area contributed by atoms with Gasteiger partial charge in [0, 0.05) is 42.2 Å². The van der Waals surface area contributed by atoms with E-state index in [2.05, 4.69) is 20.5 Å². The average molecular weight is 435 g/mol. The van der Waals surface area contributed by atoms with Crippen molar-refractivity contribution in [2.24, 2.45) is 5.92 Å². The van der Waals surface area contributed by atoms with Crippen LogP contribution in [0.5, 0.6) is 11.5 Å². The number of ether oxygens (including phenoxy) is 2. The summed E-state index contributed by atoms with van der Waals surface area (Å²) in [6.07, 6.45) is 9.27. The standard InChI is InChI=1S/C25H30N4O3/c1-17(32-22-5-3-4-21(14-22)31-2)25(30)27-15-18-6-8-20(9-7-18)24-23(16-28-29-24)19-10-12-26-13-11-19/h3-5,10-14,16-18,20H,6-9,15H2,1-2H3,(H,27,30)(H,28,29)/t17-,18?,20?/m1/s1. The molecule has 1 amide bonds. The van der Waals surface area contributed by atoms with Crippen LogP contribution in [0, 0.1) is 5.92 Å². The number of H-pyrrole nitrogens is 1. The Labute approximate surface area is 188 Å². The molecule has 0 radical (unpaired) electrons. The quantitative estimate of drug-likeness (QED) is 0.551. The van der Waals surface area contributed by atoms with Crippen molar-refractivity contribution in [3.8, 4) is 22.6 Å². The minimum atomic E-state index is -0.564. The number of nitrogens with zero attached hydrogens (tertiary/aromatic N) is 2. The van der Waals surface area contributed by atoms with Crippen molar-refractivity contribution in [3.63, 3.8) is 0 Å². The molecule has 0 saturated heterocycles. The third-order valence-electron chi connectivity index (χ3n) is 6.20. The fraction of sp³-hybridized carbons (Fsp3) is 0.400. The molecule has 1 aliphatic rings. The predicted molar refractivity (Wildman–Crippen MR) is 123 cm³/mol. The number of carbonyl (C=O) groups excluding carboxylic acids is 1. The van der Waals surface area contributed by atoms with Crippen LogP contribution in [0.3, 0.4) is 0 Å². The van der Waals surface area contributed by atoms with Gasteiger partial charge in [0.1, 0.15) is 11.5 Å². The maximum atomic E-state index is 12.5. The number of rotatable bonds is 8. The molecular formula is C25H30N4O3. The lowest BCUT2D eigenvalue weighted by atomic mass is 9.79. The molecule has 1 aliphatic carbocycles. The Balaban J connectivity index is 1.25. The SMILES string of the molecule is COc1cccc(O[C@H](C)C(=O)NCC2CCC(c3[nH]ncc3-c3ccncc3)CC2)c1. The summed E-state index contributed by atoms with van der Waals surface area (Å²) in [6, 6.07) is 11.3. The lowest BCUT2D eigenvalue weighted by molar-refractivity contribution is -0.127. The Hall–Kier alpha value is -3.35. The zero-order valence-corrected chi connectivity index (χ0v) is 18.6. The molecule has 2 N–H and O–H groups in total. The third kappa shape index (κ3) is 5.28. The maximum absolute atomic E-state index is 12.5. The molecule has 1 aromatic carbocycles. The molecule has 4 rings (SSSR count). The van der Waals surface area contributed by atoms with Gasteiger partial charge in [-0.15, -0.1) is 0 Å². The summed E-state index contributed by atoms with van der Waals surface area (Å²) in [4.78, 5) is 16.6. The number of aromatic amines is 1. The van der Waals surface area contributed by atoms with Gasteiger partial charge in [-0.1, -0.05) is 6.07 Å². The van der Waals surface area contributed by atoms with Gasteiger partial charge in [0.2, 0.25) is 0 Å². The molecule has 7 heteroatoms. The van der Waals surface area contributed by atoms with E-state index in [0.717, 1.165) is 36.8 Å². The van der Waals surface area contributed by atoms with Gasteiger partial charge in [-0.2, -0.15) is 5.10 Å². The summed E-state index contributed by atoms with van der Waals surface area (Å²) in [6.45, 7) is 2.45. The van der Waals surface area contributed by atoms with Gasteiger partial charge in [-0.05, 0) is 68.4 Å². The van der Waals surface area contributed by atoms with Crippen LogP contribution in [0.25, 0.3) is 11.1 Å². The van der Waals surface area contributed by atoms with Crippen LogP contribution < -0.4 is 14.8 Å². The van der Waals surface area contributed by atoms with Crippen LogP contribution in [-0.2, 0) is 4.79 Å². The molecule has 0 unspecified atom stereocenters. The molecule has 168 valence electrons. The van der Waals surface area contributed by atoms with E-state index in [1.165, 1.54) is 5.69 Å². The van der Waals surface area contributed by atoms with Gasteiger partial charge in [0.15, 0.2) is 6.10 Å². The molecule has 0 aliphatic heterocycles. The van der Waals surface area contributed by atoms with E-state index in [0.29, 0.717) is 29.9 Å². The van der Waals surface area contributed by atoms with Crippen LogP contribution in [0.4, 0.5) is 0 Å². The average Bonchev–Trinajstić information content (AvgIpc) is 3.33. The van der Waals surface area contributed by atoms with Crippen molar-refractivity contribution in [2.75, 3.05) is 13.7 Å². The minimum absolute atomic E-state index is 0.0940. The predicted octanol–water partition coefficient (Wildman–Crippen LogP) is 4.34. The zero-order valence-electron chi connectivity index (χ0n) is 18.6. The van der Waals surface area contributed by atoms with Gasteiger partial charge < -0.3 is 14.8 Å². The summed E-state index contributed by atoms with van der Waals surface area (Å²) in [5.41, 5.74) is 3.51. The number of nitrogens with one attached hydrogen (secondary N) is 2. The number of hydrogen-bond acceptors (Lipinski definition) is 5. The molecule has 0 bridgehead atoms. The van der Waals surface area contributed by atoms with E-state index in [1.54, 1.807) is 20.1 Å². The van der Waals surface area contributed by atoms with Crippen LogP contribution in [0.2, 0.25) is 0 Å². The first-order valence-electron chi connectivity index (χ1n) is 11.2. The lowest BCUT2D eigenvalue weighted by Gasteiger charge is -2.29. The highest BCUT2D eigenvalue weighted by atomic mass is 16.5. The maximum Gasteiger partial charge on any atom is 0.260 e. The summed E-state index contributed by atoms with van der Waals surface area (Å²) in [5, 5.41) is 10.6. The van der Waals surface area contributed by atoms with Crippen molar-refractivity contribution in [1.82, 2.24) is 20.5 Å². The van der Waals surface area contributed by atoms with Gasteiger partial charge in [-0.3, -0.25) is 14.9 Å². The Morgan fingerprint density at radius 3 is 2.66 bits per heavy atom. The molecule has 3 aromatic rings. The molecule has 2 heterocycles. The van der Waals surface area contributed by atoms with E-state index < -0.39 is 6.10 Å². The lowest BCUT2D eigenvalue weighted by Crippen LogP contribution is -2.39. The first-order valence-corrected chi connectivity index (χ1v) is 11.2. The van der Waals surface area contributed by atoms with Crippen molar-refractivity contribution in [1.29, 1.82) is 0 Å². The molecular weight excluding hydrogens is 404 g/mol. The summed E-state index contributed by atoms with van der Waals surface area (Å²) in [7, 11) is 1.61. The Morgan fingerprint density at radius 1 is 1.16 bits per heavy atom. The largest absolute Gasteiger partial charge is 0.497 e. The highest BCUT2D eigenvalue weighted by molar-refractivity contribution is 5.80. The smallest absolute Gasteiger partial charge is 0.260 e. The zero-order chi connectivity index (χ0) is 22.3. The second kappa shape index (κ2) is 10.3. The van der Waals surface area contributed by atoms with Crippen molar-refractivity contribution >= 4 is 5.91 Å². The second-order valence-corrected chi connectivity index (χ2v) is 8.34. The molecule has 7 nitrogen and oxygen atoms in total. The fourth-order valence-electron chi connectivity index (χ4n) is 4.34. The Kier molecular flexibility index (Phi) is 7.04. The number of carbonyl (C=O) groups is 1. The van der Waals surface area contributed by atoms with E-state index in [1.807, 2.05) is 48.9 Å². The third-order valence-corrected chi connectivity index (χ3v) is 6.20. The number of methoxy groups -OCH3 is 1.